The average molecular weight is 365 g/mol. The molecule has 0 unspecified atom stereocenters. The maximum atomic E-state index is 12.3. The summed E-state index contributed by atoms with van der Waals surface area (Å²) >= 11 is 2.45. The van der Waals surface area contributed by atoms with Crippen LogP contribution in [0.1, 0.15) is 33.2 Å². The lowest BCUT2D eigenvalue weighted by atomic mass is 10.1. The fraction of sp³-hybridized carbons (Fsp3) is 0.250. The maximum absolute atomic E-state index is 12.3. The standard InChI is InChI=1S/C16H15NO5S2/c1-3-20-14(18)12-9(8-6-5-7-22-8)10-11(17)13(15(19)21-4-2)24-16(10)23-12/h5-7H,3-4,17H2,1-2H3. The zero-order chi connectivity index (χ0) is 17.3. The second-order valence-corrected chi connectivity index (χ2v) is 7.03. The maximum Gasteiger partial charge on any atom is 0.350 e. The van der Waals surface area contributed by atoms with E-state index >= 15 is 0 Å². The molecule has 0 saturated carbocycles. The summed E-state index contributed by atoms with van der Waals surface area (Å²) in [5.41, 5.74) is 7.04. The van der Waals surface area contributed by atoms with Gasteiger partial charge in [0, 0.05) is 5.39 Å². The van der Waals surface area contributed by atoms with Gasteiger partial charge in [-0.15, -0.1) is 22.7 Å². The molecule has 8 heteroatoms. The summed E-state index contributed by atoms with van der Waals surface area (Å²) in [7, 11) is 0. The molecule has 0 aliphatic heterocycles. The zero-order valence-corrected chi connectivity index (χ0v) is 14.7. The van der Waals surface area contributed by atoms with E-state index in [0.29, 0.717) is 32.2 Å². The first-order valence-corrected chi connectivity index (χ1v) is 8.94. The minimum atomic E-state index is -0.466. The molecule has 0 spiro atoms. The van der Waals surface area contributed by atoms with Gasteiger partial charge in [0.15, 0.2) is 0 Å². The van der Waals surface area contributed by atoms with E-state index in [1.165, 1.54) is 28.9 Å². The van der Waals surface area contributed by atoms with Crippen LogP contribution in [0.4, 0.5) is 5.69 Å². The highest BCUT2D eigenvalue weighted by Gasteiger charge is 2.29. The molecule has 0 aromatic carbocycles. The molecule has 0 saturated heterocycles. The fourth-order valence-corrected chi connectivity index (χ4v) is 4.80. The first kappa shape index (κ1) is 16.5. The molecular weight excluding hydrogens is 350 g/mol. The molecule has 3 rings (SSSR count). The van der Waals surface area contributed by atoms with Crippen molar-refractivity contribution < 1.29 is 23.5 Å². The summed E-state index contributed by atoms with van der Waals surface area (Å²) in [6.45, 7) is 4.01. The number of hydrogen-bond donors (Lipinski definition) is 1. The number of carbonyl (C=O) groups excluding carboxylic acids is 2. The van der Waals surface area contributed by atoms with Gasteiger partial charge in [0.25, 0.3) is 0 Å². The van der Waals surface area contributed by atoms with E-state index in [1.54, 1.807) is 26.0 Å². The monoisotopic (exact) mass is 365 g/mol. The van der Waals surface area contributed by atoms with Crippen LogP contribution in [0.2, 0.25) is 0 Å². The molecule has 2 N–H and O–H groups in total. The van der Waals surface area contributed by atoms with Crippen molar-refractivity contribution in [3.05, 3.63) is 28.2 Å². The predicted octanol–water partition coefficient (Wildman–Crippen LogP) is 4.16. The first-order chi connectivity index (χ1) is 11.6. The van der Waals surface area contributed by atoms with Crippen LogP contribution in [0.3, 0.4) is 0 Å². The SMILES string of the molecule is CCOC(=O)c1sc2sc(C(=O)OCC)c(-c3ccco3)c2c1N. The minimum absolute atomic E-state index is 0.267. The Bertz CT molecular complexity index is 891. The molecular formula is C16H15NO5S2. The van der Waals surface area contributed by atoms with Crippen molar-refractivity contribution >= 4 is 49.7 Å². The number of carbonyl (C=O) groups is 2. The summed E-state index contributed by atoms with van der Waals surface area (Å²) in [4.78, 5) is 25.1. The Morgan fingerprint density at radius 1 is 1.12 bits per heavy atom. The van der Waals surface area contributed by atoms with Gasteiger partial charge in [-0.2, -0.15) is 0 Å². The Hall–Kier alpha value is -2.32. The van der Waals surface area contributed by atoms with Crippen LogP contribution >= 0.6 is 22.7 Å². The van der Waals surface area contributed by atoms with E-state index < -0.39 is 11.9 Å². The van der Waals surface area contributed by atoms with Crippen molar-refractivity contribution in [2.75, 3.05) is 18.9 Å². The number of rotatable bonds is 5. The average Bonchev–Trinajstić information content (AvgIpc) is 3.24. The molecule has 0 atom stereocenters. The van der Waals surface area contributed by atoms with Gasteiger partial charge in [-0.25, -0.2) is 9.59 Å². The van der Waals surface area contributed by atoms with Crippen LogP contribution in [0.25, 0.3) is 20.7 Å². The molecule has 24 heavy (non-hydrogen) atoms. The molecule has 0 aliphatic carbocycles. The molecule has 3 heterocycles. The highest BCUT2D eigenvalue weighted by atomic mass is 32.2. The lowest BCUT2D eigenvalue weighted by Gasteiger charge is -2.04. The van der Waals surface area contributed by atoms with Crippen LogP contribution in [-0.2, 0) is 9.47 Å². The lowest BCUT2D eigenvalue weighted by molar-refractivity contribution is 0.0523. The lowest BCUT2D eigenvalue weighted by Crippen LogP contribution is -2.06. The number of nitrogens with two attached hydrogens (primary N) is 1. The number of hydrogen-bond acceptors (Lipinski definition) is 8. The van der Waals surface area contributed by atoms with Gasteiger partial charge in [-0.1, -0.05) is 0 Å². The van der Waals surface area contributed by atoms with Crippen molar-refractivity contribution in [3.8, 4) is 11.3 Å². The second kappa shape index (κ2) is 6.66. The smallest absolute Gasteiger partial charge is 0.350 e. The van der Waals surface area contributed by atoms with Crippen molar-refractivity contribution in [1.29, 1.82) is 0 Å². The van der Waals surface area contributed by atoms with E-state index in [4.69, 9.17) is 19.6 Å². The van der Waals surface area contributed by atoms with Crippen LogP contribution in [0, 0.1) is 0 Å². The largest absolute Gasteiger partial charge is 0.464 e. The highest BCUT2D eigenvalue weighted by molar-refractivity contribution is 7.40. The van der Waals surface area contributed by atoms with Gasteiger partial charge in [0.05, 0.1) is 34.7 Å². The number of thiophene rings is 2. The summed E-state index contributed by atoms with van der Waals surface area (Å²) in [6, 6.07) is 3.47. The number of furan rings is 1. The minimum Gasteiger partial charge on any atom is -0.464 e. The molecule has 126 valence electrons. The predicted molar refractivity (Wildman–Crippen MR) is 93.7 cm³/mol. The Morgan fingerprint density at radius 2 is 1.75 bits per heavy atom. The van der Waals surface area contributed by atoms with Gasteiger partial charge in [0.1, 0.15) is 15.5 Å². The fourth-order valence-electron chi connectivity index (χ4n) is 2.33. The van der Waals surface area contributed by atoms with Crippen LogP contribution in [-0.4, -0.2) is 25.2 Å². The second-order valence-electron chi connectivity index (χ2n) is 4.73. The van der Waals surface area contributed by atoms with Crippen molar-refractivity contribution in [1.82, 2.24) is 0 Å². The van der Waals surface area contributed by atoms with Crippen LogP contribution in [0.15, 0.2) is 22.8 Å². The summed E-state index contributed by atoms with van der Waals surface area (Å²) in [5, 5.41) is 0.631. The van der Waals surface area contributed by atoms with E-state index in [0.717, 1.165) is 4.01 Å². The molecule has 3 aromatic heterocycles. The Kier molecular flexibility index (Phi) is 4.59. The highest BCUT2D eigenvalue weighted by Crippen LogP contribution is 2.47. The molecule has 0 bridgehead atoms. The van der Waals surface area contributed by atoms with Crippen molar-refractivity contribution in [3.63, 3.8) is 0 Å². The molecule has 0 radical (unpaired) electrons. The molecule has 6 nitrogen and oxygen atoms in total. The molecule has 0 aliphatic rings. The van der Waals surface area contributed by atoms with Gasteiger partial charge in [0.2, 0.25) is 0 Å². The molecule has 0 fully saturated rings. The van der Waals surface area contributed by atoms with Gasteiger partial charge < -0.3 is 19.6 Å². The number of nitrogen functional groups attached to an aromatic ring is 1. The zero-order valence-electron chi connectivity index (χ0n) is 13.1. The van der Waals surface area contributed by atoms with E-state index in [9.17, 15) is 9.59 Å². The number of fused-ring (bicyclic) bond motifs is 1. The van der Waals surface area contributed by atoms with Gasteiger partial charge >= 0.3 is 11.9 Å². The van der Waals surface area contributed by atoms with Gasteiger partial charge in [-0.05, 0) is 26.0 Å². The number of ether oxygens (including phenoxy) is 2. The Labute approximate surface area is 145 Å². The summed E-state index contributed by atoms with van der Waals surface area (Å²) in [5.74, 6) is -0.398. The number of esters is 2. The third-order valence-electron chi connectivity index (χ3n) is 3.27. The third kappa shape index (κ3) is 2.67. The quantitative estimate of drug-likeness (QED) is 0.683. The van der Waals surface area contributed by atoms with Gasteiger partial charge in [-0.3, -0.25) is 0 Å². The third-order valence-corrected chi connectivity index (χ3v) is 5.72. The molecule has 0 amide bonds. The normalized spacial score (nSPS) is 10.9. The van der Waals surface area contributed by atoms with E-state index in [2.05, 4.69) is 0 Å². The summed E-state index contributed by atoms with van der Waals surface area (Å²) < 4.78 is 16.4. The Balaban J connectivity index is 2.22. The van der Waals surface area contributed by atoms with Crippen molar-refractivity contribution in [2.45, 2.75) is 13.8 Å². The van der Waals surface area contributed by atoms with Crippen LogP contribution < -0.4 is 5.73 Å². The topological polar surface area (TPSA) is 91.8 Å². The van der Waals surface area contributed by atoms with E-state index in [-0.39, 0.29) is 13.2 Å². The van der Waals surface area contributed by atoms with Crippen LogP contribution in [0.5, 0.6) is 0 Å². The Morgan fingerprint density at radius 3 is 2.33 bits per heavy atom. The molecule has 3 aromatic rings. The van der Waals surface area contributed by atoms with E-state index in [1.807, 2.05) is 0 Å². The number of anilines is 1. The first-order valence-electron chi connectivity index (χ1n) is 7.31. The summed E-state index contributed by atoms with van der Waals surface area (Å²) in [6.07, 6.45) is 1.52. The van der Waals surface area contributed by atoms with Crippen molar-refractivity contribution in [2.24, 2.45) is 0 Å².